The lowest BCUT2D eigenvalue weighted by Gasteiger charge is -2.12. The molecule has 0 aliphatic carbocycles. The van der Waals surface area contributed by atoms with Crippen molar-refractivity contribution in [2.45, 2.75) is 20.8 Å². The topological polar surface area (TPSA) is 29.1 Å². The van der Waals surface area contributed by atoms with Crippen molar-refractivity contribution >= 4 is 33.7 Å². The summed E-state index contributed by atoms with van der Waals surface area (Å²) in [7, 11) is 0. The van der Waals surface area contributed by atoms with Crippen LogP contribution in [0.1, 0.15) is 26.4 Å². The SMILES string of the molecule is Cc1cc(C)c(NC(=O)c2ccc(-c3ccc4ccccc4c3)s2)c(C)c1. The summed E-state index contributed by atoms with van der Waals surface area (Å²) in [6.45, 7) is 6.13. The monoisotopic (exact) mass is 371 g/mol. The van der Waals surface area contributed by atoms with Crippen LogP contribution in [0.25, 0.3) is 21.2 Å². The molecule has 4 rings (SSSR count). The van der Waals surface area contributed by atoms with E-state index in [2.05, 4.69) is 54.7 Å². The van der Waals surface area contributed by atoms with Gasteiger partial charge in [-0.2, -0.15) is 0 Å². The number of carbonyl (C=O) groups excluding carboxylic acids is 1. The first-order valence-corrected chi connectivity index (χ1v) is 9.81. The minimum Gasteiger partial charge on any atom is -0.321 e. The van der Waals surface area contributed by atoms with Crippen LogP contribution >= 0.6 is 11.3 Å². The highest BCUT2D eigenvalue weighted by molar-refractivity contribution is 7.17. The zero-order valence-corrected chi connectivity index (χ0v) is 16.5. The van der Waals surface area contributed by atoms with E-state index in [9.17, 15) is 4.79 Å². The number of hydrogen-bond acceptors (Lipinski definition) is 2. The van der Waals surface area contributed by atoms with Gasteiger partial charge in [0.05, 0.1) is 4.88 Å². The summed E-state index contributed by atoms with van der Waals surface area (Å²) in [5.41, 5.74) is 5.43. The number of thiophene rings is 1. The molecule has 1 amide bonds. The van der Waals surface area contributed by atoms with Crippen LogP contribution in [0.5, 0.6) is 0 Å². The van der Waals surface area contributed by atoms with E-state index in [-0.39, 0.29) is 5.91 Å². The van der Waals surface area contributed by atoms with Crippen molar-refractivity contribution < 1.29 is 4.79 Å². The van der Waals surface area contributed by atoms with E-state index < -0.39 is 0 Å². The van der Waals surface area contributed by atoms with Gasteiger partial charge >= 0.3 is 0 Å². The molecule has 0 fully saturated rings. The molecule has 0 bridgehead atoms. The van der Waals surface area contributed by atoms with Gasteiger partial charge in [0.25, 0.3) is 5.91 Å². The largest absolute Gasteiger partial charge is 0.321 e. The number of fused-ring (bicyclic) bond motifs is 1. The first kappa shape index (κ1) is 17.5. The molecule has 0 saturated carbocycles. The molecule has 3 heteroatoms. The van der Waals surface area contributed by atoms with Gasteiger partial charge < -0.3 is 5.32 Å². The first-order chi connectivity index (χ1) is 13.0. The van der Waals surface area contributed by atoms with Gasteiger partial charge in [0.15, 0.2) is 0 Å². The molecule has 0 aliphatic heterocycles. The van der Waals surface area contributed by atoms with Crippen molar-refractivity contribution in [3.05, 3.63) is 88.3 Å². The van der Waals surface area contributed by atoms with Crippen molar-refractivity contribution in [1.82, 2.24) is 0 Å². The summed E-state index contributed by atoms with van der Waals surface area (Å²) in [5.74, 6) is -0.0536. The van der Waals surface area contributed by atoms with Crippen LogP contribution in [0, 0.1) is 20.8 Å². The maximum Gasteiger partial charge on any atom is 0.265 e. The van der Waals surface area contributed by atoms with E-state index in [0.29, 0.717) is 0 Å². The molecule has 2 nitrogen and oxygen atoms in total. The number of amides is 1. The molecule has 1 heterocycles. The van der Waals surface area contributed by atoms with E-state index in [1.807, 2.05) is 38.1 Å². The van der Waals surface area contributed by atoms with Crippen molar-refractivity contribution in [2.75, 3.05) is 5.32 Å². The predicted octanol–water partition coefficient (Wildman–Crippen LogP) is 6.75. The lowest BCUT2D eigenvalue weighted by Crippen LogP contribution is -2.12. The van der Waals surface area contributed by atoms with Crippen LogP contribution in [0.3, 0.4) is 0 Å². The van der Waals surface area contributed by atoms with Crippen molar-refractivity contribution in [3.63, 3.8) is 0 Å². The second-order valence-electron chi connectivity index (χ2n) is 6.95. The highest BCUT2D eigenvalue weighted by Crippen LogP contribution is 2.31. The third-order valence-electron chi connectivity index (χ3n) is 4.78. The Balaban J connectivity index is 1.61. The third-order valence-corrected chi connectivity index (χ3v) is 5.91. The Hall–Kier alpha value is -2.91. The maximum absolute atomic E-state index is 12.8. The van der Waals surface area contributed by atoms with Crippen molar-refractivity contribution in [1.29, 1.82) is 0 Å². The fourth-order valence-electron chi connectivity index (χ4n) is 3.51. The summed E-state index contributed by atoms with van der Waals surface area (Å²) in [5, 5.41) is 5.52. The van der Waals surface area contributed by atoms with Crippen LogP contribution in [0.15, 0.2) is 66.7 Å². The molecule has 4 aromatic rings. The molecule has 3 aromatic carbocycles. The Labute approximate surface area is 163 Å². The Morgan fingerprint density at radius 1 is 0.815 bits per heavy atom. The summed E-state index contributed by atoms with van der Waals surface area (Å²) in [6.07, 6.45) is 0. The van der Waals surface area contributed by atoms with Gasteiger partial charge in [-0.3, -0.25) is 4.79 Å². The van der Waals surface area contributed by atoms with Crippen LogP contribution < -0.4 is 5.32 Å². The highest BCUT2D eigenvalue weighted by atomic mass is 32.1. The Kier molecular flexibility index (Phi) is 4.54. The second kappa shape index (κ2) is 7.01. The van der Waals surface area contributed by atoms with Gasteiger partial charge in [-0.15, -0.1) is 11.3 Å². The van der Waals surface area contributed by atoms with E-state index in [4.69, 9.17) is 0 Å². The van der Waals surface area contributed by atoms with Crippen LogP contribution in [0.2, 0.25) is 0 Å². The molecule has 0 unspecified atom stereocenters. The zero-order chi connectivity index (χ0) is 19.0. The van der Waals surface area contributed by atoms with Crippen LogP contribution in [0.4, 0.5) is 5.69 Å². The van der Waals surface area contributed by atoms with Gasteiger partial charge in [-0.25, -0.2) is 0 Å². The van der Waals surface area contributed by atoms with Crippen LogP contribution in [-0.2, 0) is 0 Å². The number of nitrogens with one attached hydrogen (secondary N) is 1. The number of rotatable bonds is 3. The zero-order valence-electron chi connectivity index (χ0n) is 15.7. The first-order valence-electron chi connectivity index (χ1n) is 8.99. The number of hydrogen-bond donors (Lipinski definition) is 1. The Morgan fingerprint density at radius 3 is 2.26 bits per heavy atom. The number of aryl methyl sites for hydroxylation is 3. The highest BCUT2D eigenvalue weighted by Gasteiger charge is 2.13. The fraction of sp³-hybridized carbons (Fsp3) is 0.125. The van der Waals surface area contributed by atoms with Gasteiger partial charge in [-0.1, -0.05) is 54.1 Å². The fourth-order valence-corrected chi connectivity index (χ4v) is 4.41. The third kappa shape index (κ3) is 3.51. The number of carbonyl (C=O) groups is 1. The van der Waals surface area contributed by atoms with Crippen molar-refractivity contribution in [2.24, 2.45) is 0 Å². The van der Waals surface area contributed by atoms with E-state index in [1.165, 1.54) is 27.7 Å². The summed E-state index contributed by atoms with van der Waals surface area (Å²) < 4.78 is 0. The summed E-state index contributed by atoms with van der Waals surface area (Å²) in [6, 6.07) is 22.9. The second-order valence-corrected chi connectivity index (χ2v) is 8.04. The molecule has 0 radical (unpaired) electrons. The predicted molar refractivity (Wildman–Crippen MR) is 116 cm³/mol. The summed E-state index contributed by atoms with van der Waals surface area (Å²) >= 11 is 1.52. The Bertz CT molecular complexity index is 1130. The standard InChI is InChI=1S/C24H21NOS/c1-15-12-16(2)23(17(3)13-15)25-24(26)22-11-10-21(27-22)20-9-8-18-6-4-5-7-19(18)14-20/h4-14H,1-3H3,(H,25,26). The van der Waals surface area contributed by atoms with Crippen molar-refractivity contribution in [3.8, 4) is 10.4 Å². The van der Waals surface area contributed by atoms with E-state index in [1.54, 1.807) is 0 Å². The van der Waals surface area contributed by atoms with Crippen LogP contribution in [-0.4, -0.2) is 5.91 Å². The maximum atomic E-state index is 12.8. The molecule has 0 atom stereocenters. The lowest BCUT2D eigenvalue weighted by atomic mass is 10.1. The van der Waals surface area contributed by atoms with Gasteiger partial charge in [0.2, 0.25) is 0 Å². The average molecular weight is 372 g/mol. The van der Waals surface area contributed by atoms with E-state index >= 15 is 0 Å². The minimum absolute atomic E-state index is 0.0536. The van der Waals surface area contributed by atoms with Gasteiger partial charge in [0.1, 0.15) is 0 Å². The average Bonchev–Trinajstić information content (AvgIpc) is 3.14. The van der Waals surface area contributed by atoms with E-state index in [0.717, 1.165) is 32.1 Å². The smallest absolute Gasteiger partial charge is 0.265 e. The molecular formula is C24H21NOS. The summed E-state index contributed by atoms with van der Waals surface area (Å²) in [4.78, 5) is 14.6. The number of benzene rings is 3. The molecule has 1 aromatic heterocycles. The molecule has 27 heavy (non-hydrogen) atoms. The molecule has 134 valence electrons. The minimum atomic E-state index is -0.0536. The molecule has 0 aliphatic rings. The molecular weight excluding hydrogens is 350 g/mol. The molecule has 1 N–H and O–H groups in total. The quantitative estimate of drug-likeness (QED) is 0.424. The normalized spacial score (nSPS) is 10.9. The number of anilines is 1. The van der Waals surface area contributed by atoms with Gasteiger partial charge in [-0.05, 0) is 66.4 Å². The lowest BCUT2D eigenvalue weighted by molar-refractivity contribution is 0.103. The Morgan fingerprint density at radius 2 is 1.52 bits per heavy atom. The molecule has 0 spiro atoms. The van der Waals surface area contributed by atoms with Gasteiger partial charge in [0, 0.05) is 10.6 Å². The molecule has 0 saturated heterocycles.